The highest BCUT2D eigenvalue weighted by atomic mass is 35.5. The highest BCUT2D eigenvalue weighted by Crippen LogP contribution is 2.19. The van der Waals surface area contributed by atoms with Gasteiger partial charge in [0.25, 0.3) is 0 Å². The summed E-state index contributed by atoms with van der Waals surface area (Å²) in [6.45, 7) is 0.451. The van der Waals surface area contributed by atoms with Gasteiger partial charge < -0.3 is 5.32 Å². The number of nitrogens with zero attached hydrogens (tertiary/aromatic N) is 1. The second-order valence-corrected chi connectivity index (χ2v) is 3.57. The maximum absolute atomic E-state index is 11.4. The number of carbonyl (C=O) groups is 1. The Bertz CT molecular complexity index is 499. The Morgan fingerprint density at radius 3 is 2.94 bits per heavy atom. The summed E-state index contributed by atoms with van der Waals surface area (Å²) >= 11 is 5.77. The summed E-state index contributed by atoms with van der Waals surface area (Å²) in [4.78, 5) is 11.4. The molecule has 0 saturated heterocycles. The number of anilines is 1. The quantitative estimate of drug-likeness (QED) is 0.624. The predicted molar refractivity (Wildman–Crippen MR) is 66.5 cm³/mol. The van der Waals surface area contributed by atoms with Crippen molar-refractivity contribution in [3.63, 3.8) is 0 Å². The van der Waals surface area contributed by atoms with Crippen LogP contribution < -0.4 is 10.6 Å². The molecule has 0 bridgehead atoms. The predicted octanol–water partition coefficient (Wildman–Crippen LogP) is 1.37. The van der Waals surface area contributed by atoms with E-state index in [1.54, 1.807) is 12.1 Å². The van der Waals surface area contributed by atoms with Crippen molar-refractivity contribution in [2.45, 2.75) is 0 Å². The van der Waals surface area contributed by atoms with Crippen LogP contribution in [0.1, 0.15) is 5.56 Å². The second-order valence-electron chi connectivity index (χ2n) is 3.16. The van der Waals surface area contributed by atoms with Crippen LogP contribution in [0.2, 0.25) is 5.02 Å². The number of rotatable bonds is 4. The van der Waals surface area contributed by atoms with Gasteiger partial charge in [-0.05, 0) is 18.2 Å². The number of hydrogen-bond acceptors (Lipinski definition) is 3. The lowest BCUT2D eigenvalue weighted by atomic mass is 10.2. The topological polar surface area (TPSA) is 64.9 Å². The summed E-state index contributed by atoms with van der Waals surface area (Å²) in [6, 6.07) is 6.64. The largest absolute Gasteiger partial charge is 0.325 e. The Labute approximate surface area is 105 Å². The van der Waals surface area contributed by atoms with Crippen LogP contribution in [0, 0.1) is 23.7 Å². The van der Waals surface area contributed by atoms with Crippen molar-refractivity contribution in [2.24, 2.45) is 0 Å². The molecule has 0 heterocycles. The van der Waals surface area contributed by atoms with E-state index >= 15 is 0 Å². The molecule has 0 atom stereocenters. The lowest BCUT2D eigenvalue weighted by Gasteiger charge is -2.06. The molecule has 5 heteroatoms. The monoisotopic (exact) mass is 247 g/mol. The Hall–Kier alpha value is -2.01. The number of hydrogen-bond donors (Lipinski definition) is 2. The van der Waals surface area contributed by atoms with E-state index in [1.165, 1.54) is 6.07 Å². The van der Waals surface area contributed by atoms with Gasteiger partial charge >= 0.3 is 0 Å². The number of carbonyl (C=O) groups excluding carboxylic acids is 1. The third-order valence-electron chi connectivity index (χ3n) is 1.88. The summed E-state index contributed by atoms with van der Waals surface area (Å²) in [5.41, 5.74) is 0.847. The molecular formula is C12H10ClN3O. The molecule has 17 heavy (non-hydrogen) atoms. The molecule has 0 unspecified atom stereocenters. The minimum absolute atomic E-state index is 0.120. The van der Waals surface area contributed by atoms with Gasteiger partial charge in [-0.2, -0.15) is 5.26 Å². The fourth-order valence-electron chi connectivity index (χ4n) is 1.14. The molecule has 0 saturated carbocycles. The van der Waals surface area contributed by atoms with Gasteiger partial charge in [0.1, 0.15) is 6.07 Å². The van der Waals surface area contributed by atoms with E-state index in [4.69, 9.17) is 23.3 Å². The van der Waals surface area contributed by atoms with E-state index in [-0.39, 0.29) is 12.5 Å². The minimum Gasteiger partial charge on any atom is -0.325 e. The lowest BCUT2D eigenvalue weighted by molar-refractivity contribution is -0.115. The molecular weight excluding hydrogens is 238 g/mol. The first-order valence-corrected chi connectivity index (χ1v) is 5.19. The molecule has 1 rings (SSSR count). The molecule has 0 aliphatic heterocycles. The Morgan fingerprint density at radius 2 is 2.29 bits per heavy atom. The Balaban J connectivity index is 2.61. The molecule has 0 aromatic heterocycles. The van der Waals surface area contributed by atoms with Crippen LogP contribution in [-0.4, -0.2) is 19.0 Å². The third-order valence-corrected chi connectivity index (χ3v) is 2.21. The van der Waals surface area contributed by atoms with Crippen molar-refractivity contribution in [3.05, 3.63) is 28.8 Å². The zero-order chi connectivity index (χ0) is 12.7. The van der Waals surface area contributed by atoms with E-state index in [2.05, 4.69) is 16.6 Å². The molecule has 1 aromatic carbocycles. The molecule has 2 N–H and O–H groups in total. The highest BCUT2D eigenvalue weighted by Gasteiger charge is 2.04. The molecule has 0 aliphatic carbocycles. The summed E-state index contributed by atoms with van der Waals surface area (Å²) in [5, 5.41) is 14.5. The molecule has 4 nitrogen and oxygen atoms in total. The Kier molecular flexibility index (Phi) is 5.03. The number of amides is 1. The zero-order valence-corrected chi connectivity index (χ0v) is 9.71. The van der Waals surface area contributed by atoms with Crippen molar-refractivity contribution in [1.29, 1.82) is 5.26 Å². The average molecular weight is 248 g/mol. The molecule has 86 valence electrons. The van der Waals surface area contributed by atoms with E-state index in [0.29, 0.717) is 22.8 Å². The Morgan fingerprint density at radius 1 is 1.53 bits per heavy atom. The number of nitriles is 1. The van der Waals surface area contributed by atoms with E-state index in [9.17, 15) is 4.79 Å². The van der Waals surface area contributed by atoms with Gasteiger partial charge in [-0.3, -0.25) is 10.1 Å². The number of benzene rings is 1. The van der Waals surface area contributed by atoms with Gasteiger partial charge in [0, 0.05) is 5.69 Å². The van der Waals surface area contributed by atoms with Crippen LogP contribution in [0.4, 0.5) is 5.69 Å². The number of nitrogens with one attached hydrogen (secondary N) is 2. The van der Waals surface area contributed by atoms with Crippen LogP contribution in [0.5, 0.6) is 0 Å². The smallest absolute Gasteiger partial charge is 0.238 e. The fourth-order valence-corrected chi connectivity index (χ4v) is 1.30. The lowest BCUT2D eigenvalue weighted by Crippen LogP contribution is -2.28. The van der Waals surface area contributed by atoms with E-state index in [1.807, 2.05) is 6.07 Å². The van der Waals surface area contributed by atoms with Gasteiger partial charge in [-0.15, -0.1) is 6.42 Å². The van der Waals surface area contributed by atoms with Crippen molar-refractivity contribution in [2.75, 3.05) is 18.4 Å². The van der Waals surface area contributed by atoms with Crippen LogP contribution in [0.15, 0.2) is 18.2 Å². The average Bonchev–Trinajstić information content (AvgIpc) is 2.32. The molecule has 1 amide bonds. The first kappa shape index (κ1) is 13.1. The summed E-state index contributed by atoms with van der Waals surface area (Å²) < 4.78 is 0. The maximum Gasteiger partial charge on any atom is 0.238 e. The molecule has 0 radical (unpaired) electrons. The number of terminal acetylenes is 1. The minimum atomic E-state index is -0.230. The first-order valence-electron chi connectivity index (χ1n) is 4.81. The van der Waals surface area contributed by atoms with Crippen molar-refractivity contribution in [3.8, 4) is 18.4 Å². The van der Waals surface area contributed by atoms with Gasteiger partial charge in [0.2, 0.25) is 5.91 Å². The second kappa shape index (κ2) is 6.55. The maximum atomic E-state index is 11.4. The number of halogens is 1. The molecule has 0 fully saturated rings. The highest BCUT2D eigenvalue weighted by molar-refractivity contribution is 6.31. The fraction of sp³-hybridized carbons (Fsp3) is 0.167. The first-order chi connectivity index (χ1) is 8.17. The van der Waals surface area contributed by atoms with Gasteiger partial charge in [-0.1, -0.05) is 17.5 Å². The van der Waals surface area contributed by atoms with Crippen molar-refractivity contribution in [1.82, 2.24) is 5.32 Å². The summed E-state index contributed by atoms with van der Waals surface area (Å²) in [5.74, 6) is 2.13. The van der Waals surface area contributed by atoms with Crippen LogP contribution in [0.3, 0.4) is 0 Å². The normalized spacial score (nSPS) is 9.12. The SMILES string of the molecule is C#CCNCC(=O)Nc1ccc(Cl)c(C#N)c1. The molecule has 0 aliphatic rings. The summed E-state index contributed by atoms with van der Waals surface area (Å²) in [7, 11) is 0. The van der Waals surface area contributed by atoms with Gasteiger partial charge in [0.05, 0.1) is 23.7 Å². The zero-order valence-electron chi connectivity index (χ0n) is 8.96. The van der Waals surface area contributed by atoms with Gasteiger partial charge in [-0.25, -0.2) is 0 Å². The standard InChI is InChI=1S/C12H10ClN3O/c1-2-5-15-8-12(17)16-10-3-4-11(13)9(6-10)7-14/h1,3-4,6,15H,5,8H2,(H,16,17). The molecule has 1 aromatic rings. The third kappa shape index (κ3) is 4.16. The van der Waals surface area contributed by atoms with Crippen LogP contribution in [0.25, 0.3) is 0 Å². The van der Waals surface area contributed by atoms with Crippen molar-refractivity contribution >= 4 is 23.2 Å². The van der Waals surface area contributed by atoms with E-state index < -0.39 is 0 Å². The van der Waals surface area contributed by atoms with Crippen molar-refractivity contribution < 1.29 is 4.79 Å². The van der Waals surface area contributed by atoms with Crippen LogP contribution >= 0.6 is 11.6 Å². The van der Waals surface area contributed by atoms with Crippen LogP contribution in [-0.2, 0) is 4.79 Å². The van der Waals surface area contributed by atoms with Gasteiger partial charge in [0.15, 0.2) is 0 Å². The molecule has 0 spiro atoms. The summed E-state index contributed by atoms with van der Waals surface area (Å²) in [6.07, 6.45) is 5.03. The van der Waals surface area contributed by atoms with E-state index in [0.717, 1.165) is 0 Å².